The second kappa shape index (κ2) is 8.81. The van der Waals surface area contributed by atoms with E-state index in [2.05, 4.69) is 4.90 Å². The number of hydrogen-bond donors (Lipinski definition) is 1. The predicted octanol–water partition coefficient (Wildman–Crippen LogP) is 0.358. The van der Waals surface area contributed by atoms with E-state index in [4.69, 9.17) is 10.5 Å². The van der Waals surface area contributed by atoms with Gasteiger partial charge in [0.2, 0.25) is 0 Å². The fraction of sp³-hybridized carbons (Fsp3) is 0.350. The highest BCUT2D eigenvalue weighted by atomic mass is 16.5. The molecule has 0 amide bonds. The standard InChI is InChI=1S/C20H24N4O4/c1-22-18(21)17(16(25)8-7-15-5-3-2-4-6-15)19(26)24(20(22)27)10-9-23-11-13-28-14-12-23/h2-8H,9-14,21H2,1H3/b8-7-. The maximum absolute atomic E-state index is 12.9. The van der Waals surface area contributed by atoms with Crippen LogP contribution < -0.4 is 17.0 Å². The molecule has 8 nitrogen and oxygen atoms in total. The Labute approximate surface area is 162 Å². The molecule has 1 aromatic carbocycles. The zero-order valence-corrected chi connectivity index (χ0v) is 15.8. The van der Waals surface area contributed by atoms with Crippen molar-refractivity contribution in [2.45, 2.75) is 6.54 Å². The summed E-state index contributed by atoms with van der Waals surface area (Å²) in [6.07, 6.45) is 2.92. The summed E-state index contributed by atoms with van der Waals surface area (Å²) in [5, 5.41) is 0. The fourth-order valence-electron chi connectivity index (χ4n) is 3.10. The molecule has 2 N–H and O–H groups in total. The third kappa shape index (κ3) is 4.29. The van der Waals surface area contributed by atoms with Crippen molar-refractivity contribution in [3.8, 4) is 0 Å². The van der Waals surface area contributed by atoms with Crippen molar-refractivity contribution in [3.05, 3.63) is 68.4 Å². The van der Waals surface area contributed by atoms with Gasteiger partial charge < -0.3 is 10.5 Å². The van der Waals surface area contributed by atoms with Gasteiger partial charge in [-0.05, 0) is 11.6 Å². The minimum atomic E-state index is -0.656. The van der Waals surface area contributed by atoms with Crippen LogP contribution in [0.1, 0.15) is 15.9 Å². The van der Waals surface area contributed by atoms with Crippen LogP contribution in [0.5, 0.6) is 0 Å². The van der Waals surface area contributed by atoms with E-state index in [0.29, 0.717) is 19.8 Å². The van der Waals surface area contributed by atoms with E-state index in [-0.39, 0.29) is 17.9 Å². The Kier molecular flexibility index (Phi) is 6.23. The number of benzene rings is 1. The van der Waals surface area contributed by atoms with Crippen LogP contribution in [0.3, 0.4) is 0 Å². The average Bonchev–Trinajstić information content (AvgIpc) is 2.72. The maximum atomic E-state index is 12.9. The third-order valence-electron chi connectivity index (χ3n) is 4.81. The second-order valence-electron chi connectivity index (χ2n) is 6.62. The molecule has 2 heterocycles. The molecule has 0 unspecified atom stereocenters. The lowest BCUT2D eigenvalue weighted by Crippen LogP contribution is -2.46. The molecule has 8 heteroatoms. The number of nitrogens with zero attached hydrogens (tertiary/aromatic N) is 3. The van der Waals surface area contributed by atoms with Crippen molar-refractivity contribution < 1.29 is 9.53 Å². The highest BCUT2D eigenvalue weighted by molar-refractivity contribution is 6.09. The quantitative estimate of drug-likeness (QED) is 0.570. The zero-order valence-electron chi connectivity index (χ0n) is 15.8. The molecule has 0 bridgehead atoms. The molecule has 0 atom stereocenters. The minimum absolute atomic E-state index is 0.125. The van der Waals surface area contributed by atoms with E-state index < -0.39 is 17.0 Å². The fourth-order valence-corrected chi connectivity index (χ4v) is 3.10. The Morgan fingerprint density at radius 3 is 2.50 bits per heavy atom. The summed E-state index contributed by atoms with van der Waals surface area (Å²) in [5.74, 6) is -0.651. The summed E-state index contributed by atoms with van der Waals surface area (Å²) >= 11 is 0. The Balaban J connectivity index is 1.89. The second-order valence-corrected chi connectivity index (χ2v) is 6.62. The van der Waals surface area contributed by atoms with Gasteiger partial charge in [-0.1, -0.05) is 36.4 Å². The first-order chi connectivity index (χ1) is 13.5. The molecule has 0 radical (unpaired) electrons. The van der Waals surface area contributed by atoms with Crippen LogP contribution in [0.4, 0.5) is 5.82 Å². The summed E-state index contributed by atoms with van der Waals surface area (Å²) in [6, 6.07) is 9.26. The molecule has 0 saturated carbocycles. The van der Waals surface area contributed by atoms with Gasteiger partial charge in [0.1, 0.15) is 11.4 Å². The number of carbonyl (C=O) groups excluding carboxylic acids is 1. The Bertz CT molecular complexity index is 986. The van der Waals surface area contributed by atoms with Gasteiger partial charge in [0, 0.05) is 33.2 Å². The normalized spacial score (nSPS) is 15.2. The van der Waals surface area contributed by atoms with Crippen molar-refractivity contribution in [2.75, 3.05) is 38.6 Å². The molecule has 1 fully saturated rings. The first-order valence-electron chi connectivity index (χ1n) is 9.16. The van der Waals surface area contributed by atoms with Gasteiger partial charge in [0.15, 0.2) is 5.78 Å². The Morgan fingerprint density at radius 2 is 1.82 bits per heavy atom. The number of hydrogen-bond acceptors (Lipinski definition) is 6. The predicted molar refractivity (Wildman–Crippen MR) is 107 cm³/mol. The van der Waals surface area contributed by atoms with Gasteiger partial charge in [0.05, 0.1) is 13.2 Å². The number of ketones is 1. The average molecular weight is 384 g/mol. The molecule has 2 aromatic rings. The van der Waals surface area contributed by atoms with Gasteiger partial charge in [-0.3, -0.25) is 23.6 Å². The van der Waals surface area contributed by atoms with Crippen molar-refractivity contribution in [2.24, 2.45) is 7.05 Å². The molecule has 1 aliphatic rings. The lowest BCUT2D eigenvalue weighted by atomic mass is 10.1. The van der Waals surface area contributed by atoms with Crippen LogP contribution >= 0.6 is 0 Å². The summed E-state index contributed by atoms with van der Waals surface area (Å²) in [4.78, 5) is 40.1. The van der Waals surface area contributed by atoms with Gasteiger partial charge in [-0.2, -0.15) is 0 Å². The van der Waals surface area contributed by atoms with E-state index in [9.17, 15) is 14.4 Å². The molecular formula is C20H24N4O4. The van der Waals surface area contributed by atoms with E-state index in [0.717, 1.165) is 27.8 Å². The van der Waals surface area contributed by atoms with Gasteiger partial charge in [-0.25, -0.2) is 4.79 Å². The lowest BCUT2D eigenvalue weighted by Gasteiger charge is -2.26. The molecule has 0 aliphatic carbocycles. The summed E-state index contributed by atoms with van der Waals surface area (Å²) < 4.78 is 7.53. The smallest absolute Gasteiger partial charge is 0.332 e. The summed E-state index contributed by atoms with van der Waals surface area (Å²) in [6.45, 7) is 3.46. The highest BCUT2D eigenvalue weighted by Crippen LogP contribution is 2.08. The first-order valence-corrected chi connectivity index (χ1v) is 9.16. The number of ether oxygens (including phenoxy) is 1. The monoisotopic (exact) mass is 384 g/mol. The van der Waals surface area contributed by atoms with Crippen molar-refractivity contribution in [1.82, 2.24) is 14.0 Å². The van der Waals surface area contributed by atoms with Crippen LogP contribution in [-0.2, 0) is 18.3 Å². The van der Waals surface area contributed by atoms with Gasteiger partial charge in [-0.15, -0.1) is 0 Å². The number of rotatable bonds is 6. The molecule has 1 aliphatic heterocycles. The zero-order chi connectivity index (χ0) is 20.1. The van der Waals surface area contributed by atoms with Gasteiger partial charge >= 0.3 is 5.69 Å². The number of anilines is 1. The lowest BCUT2D eigenvalue weighted by molar-refractivity contribution is 0.0361. The number of nitrogen functional groups attached to an aromatic ring is 1. The molecule has 1 saturated heterocycles. The summed E-state index contributed by atoms with van der Waals surface area (Å²) in [5.41, 5.74) is 5.39. The molecule has 3 rings (SSSR count). The van der Waals surface area contributed by atoms with Crippen LogP contribution in [-0.4, -0.2) is 52.7 Å². The molecule has 0 spiro atoms. The number of allylic oxidation sites excluding steroid dienone is 1. The summed E-state index contributed by atoms with van der Waals surface area (Å²) in [7, 11) is 1.46. The van der Waals surface area contributed by atoms with E-state index in [1.54, 1.807) is 6.08 Å². The number of carbonyl (C=O) groups is 1. The van der Waals surface area contributed by atoms with Crippen LogP contribution in [0.25, 0.3) is 6.08 Å². The number of aromatic nitrogens is 2. The van der Waals surface area contributed by atoms with Crippen LogP contribution in [0.2, 0.25) is 0 Å². The van der Waals surface area contributed by atoms with Crippen molar-refractivity contribution in [1.29, 1.82) is 0 Å². The van der Waals surface area contributed by atoms with E-state index in [1.165, 1.54) is 13.1 Å². The molecule has 1 aromatic heterocycles. The molecule has 28 heavy (non-hydrogen) atoms. The van der Waals surface area contributed by atoms with Gasteiger partial charge in [0.25, 0.3) is 5.56 Å². The molecule has 148 valence electrons. The highest BCUT2D eigenvalue weighted by Gasteiger charge is 2.20. The van der Waals surface area contributed by atoms with Crippen molar-refractivity contribution in [3.63, 3.8) is 0 Å². The maximum Gasteiger partial charge on any atom is 0.332 e. The number of morpholine rings is 1. The van der Waals surface area contributed by atoms with Crippen LogP contribution in [0.15, 0.2) is 46.0 Å². The topological polar surface area (TPSA) is 99.6 Å². The van der Waals surface area contributed by atoms with E-state index >= 15 is 0 Å². The van der Waals surface area contributed by atoms with Crippen molar-refractivity contribution >= 4 is 17.7 Å². The molecular weight excluding hydrogens is 360 g/mol. The van der Waals surface area contributed by atoms with E-state index in [1.807, 2.05) is 30.3 Å². The van der Waals surface area contributed by atoms with Crippen LogP contribution in [0, 0.1) is 0 Å². The SMILES string of the molecule is Cn1c(N)c(C(=O)/C=C\c2ccccc2)c(=O)n(CCN2CCOCC2)c1=O. The first kappa shape index (κ1) is 19.8. The largest absolute Gasteiger partial charge is 0.384 e. The minimum Gasteiger partial charge on any atom is -0.384 e. The third-order valence-corrected chi connectivity index (χ3v) is 4.81. The Morgan fingerprint density at radius 1 is 1.14 bits per heavy atom. The Hall–Kier alpha value is -2.97. The number of nitrogens with two attached hydrogens (primary N) is 1.